The van der Waals surface area contributed by atoms with Gasteiger partial charge in [0.05, 0.1) is 6.10 Å². The van der Waals surface area contributed by atoms with E-state index >= 15 is 0 Å². The third kappa shape index (κ3) is 3.11. The Morgan fingerprint density at radius 1 is 1.25 bits per heavy atom. The molecule has 106 valence electrons. The molecule has 1 aliphatic rings. The van der Waals surface area contributed by atoms with Gasteiger partial charge in [-0.2, -0.15) is 0 Å². The summed E-state index contributed by atoms with van der Waals surface area (Å²) in [4.78, 5) is 2.54. The monoisotopic (exact) mass is 370 g/mol. The molecule has 3 rings (SSSR count). The zero-order valence-corrected chi connectivity index (χ0v) is 14.2. The van der Waals surface area contributed by atoms with E-state index in [0.717, 1.165) is 21.3 Å². The molecule has 0 saturated heterocycles. The van der Waals surface area contributed by atoms with Gasteiger partial charge in [0.2, 0.25) is 0 Å². The van der Waals surface area contributed by atoms with Crippen LogP contribution in [-0.4, -0.2) is 5.11 Å². The first-order valence-corrected chi connectivity index (χ1v) is 8.85. The topological polar surface area (TPSA) is 20.2 Å². The van der Waals surface area contributed by atoms with Crippen molar-refractivity contribution in [3.8, 4) is 0 Å². The Bertz CT molecular complexity index is 599. The second-order valence-electron chi connectivity index (χ2n) is 5.26. The van der Waals surface area contributed by atoms with Crippen molar-refractivity contribution in [2.24, 2.45) is 0 Å². The lowest BCUT2D eigenvalue weighted by atomic mass is 9.98. The SMILES string of the molecule is OC(Cc1ccc(Br)cc1Cl)c1cc2c(s1)CCCC2. The molecule has 0 aliphatic heterocycles. The summed E-state index contributed by atoms with van der Waals surface area (Å²) in [5.74, 6) is 0. The van der Waals surface area contributed by atoms with Crippen LogP contribution >= 0.6 is 38.9 Å². The molecule has 0 amide bonds. The number of benzene rings is 1. The second kappa shape index (κ2) is 6.18. The largest absolute Gasteiger partial charge is 0.387 e. The molecule has 0 radical (unpaired) electrons. The fourth-order valence-electron chi connectivity index (χ4n) is 2.67. The van der Waals surface area contributed by atoms with Gasteiger partial charge in [0.1, 0.15) is 0 Å². The van der Waals surface area contributed by atoms with Crippen LogP contribution in [0, 0.1) is 0 Å². The lowest BCUT2D eigenvalue weighted by molar-refractivity contribution is 0.182. The van der Waals surface area contributed by atoms with Gasteiger partial charge in [-0.1, -0.05) is 33.6 Å². The van der Waals surface area contributed by atoms with Crippen LogP contribution in [0.1, 0.15) is 39.8 Å². The highest BCUT2D eigenvalue weighted by Gasteiger charge is 2.18. The van der Waals surface area contributed by atoms with Crippen LogP contribution in [-0.2, 0) is 19.3 Å². The lowest BCUT2D eigenvalue weighted by Crippen LogP contribution is -2.00. The van der Waals surface area contributed by atoms with Crippen molar-refractivity contribution < 1.29 is 5.11 Å². The van der Waals surface area contributed by atoms with Crippen molar-refractivity contribution in [1.29, 1.82) is 0 Å². The standard InChI is InChI=1S/C16H16BrClOS/c17-12-6-5-10(13(18)9-12)7-14(19)16-8-11-3-1-2-4-15(11)20-16/h5-6,8-9,14,19H,1-4,7H2. The summed E-state index contributed by atoms with van der Waals surface area (Å²) >= 11 is 11.4. The Kier molecular flexibility index (Phi) is 4.51. The quantitative estimate of drug-likeness (QED) is 0.774. The van der Waals surface area contributed by atoms with Crippen molar-refractivity contribution in [3.63, 3.8) is 0 Å². The third-order valence-electron chi connectivity index (χ3n) is 3.77. The summed E-state index contributed by atoms with van der Waals surface area (Å²) in [6.45, 7) is 0. The smallest absolute Gasteiger partial charge is 0.0922 e. The van der Waals surface area contributed by atoms with Gasteiger partial charge in [0.25, 0.3) is 0 Å². The molecule has 1 atom stereocenters. The predicted octanol–water partition coefficient (Wildman–Crippen LogP) is 5.32. The fraction of sp³-hybridized carbons (Fsp3) is 0.375. The molecule has 1 aromatic heterocycles. The fourth-order valence-corrected chi connectivity index (χ4v) is 4.67. The van der Waals surface area contributed by atoms with Crippen LogP contribution in [0.5, 0.6) is 0 Å². The van der Waals surface area contributed by atoms with Crippen LogP contribution in [0.2, 0.25) is 5.02 Å². The van der Waals surface area contributed by atoms with E-state index in [2.05, 4.69) is 22.0 Å². The molecule has 4 heteroatoms. The summed E-state index contributed by atoms with van der Waals surface area (Å²) in [5, 5.41) is 11.2. The van der Waals surface area contributed by atoms with Crippen LogP contribution in [0.15, 0.2) is 28.7 Å². The molecule has 2 aromatic rings. The van der Waals surface area contributed by atoms with E-state index in [1.165, 1.54) is 29.7 Å². The minimum Gasteiger partial charge on any atom is -0.387 e. The Morgan fingerprint density at radius 3 is 2.80 bits per heavy atom. The number of aryl methyl sites for hydroxylation is 2. The second-order valence-corrected chi connectivity index (χ2v) is 7.75. The molecule has 1 nitrogen and oxygen atoms in total. The minimum absolute atomic E-state index is 0.454. The van der Waals surface area contributed by atoms with Crippen molar-refractivity contribution in [1.82, 2.24) is 0 Å². The van der Waals surface area contributed by atoms with Crippen LogP contribution in [0.4, 0.5) is 0 Å². The van der Waals surface area contributed by atoms with E-state index in [1.807, 2.05) is 18.2 Å². The van der Waals surface area contributed by atoms with Gasteiger partial charge in [-0.05, 0) is 55.0 Å². The molecule has 1 N–H and O–H groups in total. The van der Waals surface area contributed by atoms with Gasteiger partial charge < -0.3 is 5.11 Å². The third-order valence-corrected chi connectivity index (χ3v) is 5.96. The number of halogens is 2. The van der Waals surface area contributed by atoms with Gasteiger partial charge in [0, 0.05) is 25.7 Å². The molecule has 0 spiro atoms. The summed E-state index contributed by atoms with van der Waals surface area (Å²) < 4.78 is 0.965. The Morgan fingerprint density at radius 2 is 2.05 bits per heavy atom. The molecule has 0 fully saturated rings. The Balaban J connectivity index is 1.78. The van der Waals surface area contributed by atoms with Gasteiger partial charge in [-0.15, -0.1) is 11.3 Å². The number of rotatable bonds is 3. The van der Waals surface area contributed by atoms with E-state index < -0.39 is 6.10 Å². The number of hydrogen-bond donors (Lipinski definition) is 1. The van der Waals surface area contributed by atoms with Crippen LogP contribution in [0.25, 0.3) is 0 Å². The number of aliphatic hydroxyl groups is 1. The molecule has 1 aromatic carbocycles. The van der Waals surface area contributed by atoms with E-state index in [-0.39, 0.29) is 0 Å². The zero-order chi connectivity index (χ0) is 14.1. The molecule has 0 bridgehead atoms. The Hall–Kier alpha value is -0.350. The van der Waals surface area contributed by atoms with Crippen LogP contribution < -0.4 is 0 Å². The molecule has 20 heavy (non-hydrogen) atoms. The first-order chi connectivity index (χ1) is 9.63. The number of thiophene rings is 1. The van der Waals surface area contributed by atoms with E-state index in [0.29, 0.717) is 11.4 Å². The highest BCUT2D eigenvalue weighted by Crippen LogP contribution is 2.35. The first-order valence-electron chi connectivity index (χ1n) is 6.87. The number of fused-ring (bicyclic) bond motifs is 1. The van der Waals surface area contributed by atoms with E-state index in [9.17, 15) is 5.11 Å². The molecule has 1 heterocycles. The summed E-state index contributed by atoms with van der Waals surface area (Å²) in [5.41, 5.74) is 2.44. The first kappa shape index (κ1) is 14.6. The number of aliphatic hydroxyl groups excluding tert-OH is 1. The summed E-state index contributed by atoms with van der Waals surface area (Å²) in [7, 11) is 0. The molecule has 0 saturated carbocycles. The molecular weight excluding hydrogens is 356 g/mol. The molecule has 1 aliphatic carbocycles. The van der Waals surface area contributed by atoms with Gasteiger partial charge in [-0.3, -0.25) is 0 Å². The average Bonchev–Trinajstić information content (AvgIpc) is 2.86. The average molecular weight is 372 g/mol. The van der Waals surface area contributed by atoms with Crippen LogP contribution in [0.3, 0.4) is 0 Å². The highest BCUT2D eigenvalue weighted by atomic mass is 79.9. The maximum atomic E-state index is 10.5. The Labute approximate surface area is 136 Å². The number of hydrogen-bond acceptors (Lipinski definition) is 2. The van der Waals surface area contributed by atoms with Crippen molar-refractivity contribution in [3.05, 3.63) is 54.6 Å². The van der Waals surface area contributed by atoms with Crippen molar-refractivity contribution >= 4 is 38.9 Å². The minimum atomic E-state index is -0.454. The van der Waals surface area contributed by atoms with Crippen molar-refractivity contribution in [2.45, 2.75) is 38.2 Å². The highest BCUT2D eigenvalue weighted by molar-refractivity contribution is 9.10. The predicted molar refractivity (Wildman–Crippen MR) is 88.8 cm³/mol. The normalized spacial score (nSPS) is 15.9. The molecule has 1 unspecified atom stereocenters. The van der Waals surface area contributed by atoms with Gasteiger partial charge in [-0.25, -0.2) is 0 Å². The van der Waals surface area contributed by atoms with Gasteiger partial charge >= 0.3 is 0 Å². The van der Waals surface area contributed by atoms with E-state index in [1.54, 1.807) is 11.3 Å². The zero-order valence-electron chi connectivity index (χ0n) is 11.0. The van der Waals surface area contributed by atoms with Gasteiger partial charge in [0.15, 0.2) is 0 Å². The molecular formula is C16H16BrClOS. The summed E-state index contributed by atoms with van der Waals surface area (Å²) in [6, 6.07) is 8.01. The maximum Gasteiger partial charge on any atom is 0.0922 e. The van der Waals surface area contributed by atoms with E-state index in [4.69, 9.17) is 11.6 Å². The maximum absolute atomic E-state index is 10.5. The van der Waals surface area contributed by atoms with Crippen molar-refractivity contribution in [2.75, 3.05) is 0 Å². The lowest BCUT2D eigenvalue weighted by Gasteiger charge is -2.10. The summed E-state index contributed by atoms with van der Waals surface area (Å²) in [6.07, 6.45) is 5.01.